The Morgan fingerprint density at radius 2 is 2.00 bits per heavy atom. The first-order valence-electron chi connectivity index (χ1n) is 7.92. The molecule has 1 heterocycles. The van der Waals surface area contributed by atoms with Gasteiger partial charge in [-0.05, 0) is 38.3 Å². The Balaban J connectivity index is 1.88. The zero-order valence-corrected chi connectivity index (χ0v) is 13.8. The number of carbonyl (C=O) groups is 2. The molecule has 1 aromatic carbocycles. The van der Waals surface area contributed by atoms with Crippen LogP contribution in [0.5, 0.6) is 0 Å². The van der Waals surface area contributed by atoms with Crippen molar-refractivity contribution in [1.29, 1.82) is 0 Å². The second-order valence-electron chi connectivity index (χ2n) is 6.33. The highest BCUT2D eigenvalue weighted by Gasteiger charge is 2.46. The van der Waals surface area contributed by atoms with Gasteiger partial charge in [0.25, 0.3) is 5.91 Å². The van der Waals surface area contributed by atoms with Crippen LogP contribution in [0, 0.1) is 6.92 Å². The highest BCUT2D eigenvalue weighted by atomic mass is 19.4. The van der Waals surface area contributed by atoms with Crippen LogP contribution in [0.1, 0.15) is 41.0 Å². The summed E-state index contributed by atoms with van der Waals surface area (Å²) in [6, 6.07) is 4.58. The summed E-state index contributed by atoms with van der Waals surface area (Å²) in [5.74, 6) is -1.67. The van der Waals surface area contributed by atoms with Gasteiger partial charge in [-0.3, -0.25) is 4.79 Å². The lowest BCUT2D eigenvalue weighted by atomic mass is 9.76. The summed E-state index contributed by atoms with van der Waals surface area (Å²) in [5, 5.41) is 11.8. The van der Waals surface area contributed by atoms with E-state index in [9.17, 15) is 27.9 Å². The Hall–Kier alpha value is -2.84. The van der Waals surface area contributed by atoms with Crippen molar-refractivity contribution in [2.75, 3.05) is 0 Å². The fourth-order valence-electron chi connectivity index (χ4n) is 2.86. The summed E-state index contributed by atoms with van der Waals surface area (Å²) in [7, 11) is 0. The van der Waals surface area contributed by atoms with Gasteiger partial charge in [-0.25, -0.2) is 9.78 Å². The number of rotatable bonds is 4. The smallest absolute Gasteiger partial charge is 0.416 e. The topological polar surface area (TPSA) is 95.1 Å². The van der Waals surface area contributed by atoms with E-state index in [4.69, 9.17) is 0 Å². The number of carbonyl (C=O) groups excluding carboxylic acids is 1. The fraction of sp³-hybridized carbons (Fsp3) is 0.353. The predicted octanol–water partition coefficient (Wildman–Crippen LogP) is 3.14. The number of amides is 1. The molecule has 138 valence electrons. The van der Waals surface area contributed by atoms with Crippen LogP contribution in [-0.2, 0) is 11.0 Å². The number of aromatic amines is 1. The number of aryl methyl sites for hydroxylation is 1. The molecule has 0 saturated heterocycles. The number of halogens is 3. The van der Waals surface area contributed by atoms with Gasteiger partial charge in [-0.2, -0.15) is 13.2 Å². The van der Waals surface area contributed by atoms with Crippen LogP contribution in [0.3, 0.4) is 0 Å². The summed E-state index contributed by atoms with van der Waals surface area (Å²) < 4.78 is 38.6. The number of imidazole rings is 1. The van der Waals surface area contributed by atoms with Gasteiger partial charge in [-0.1, -0.05) is 12.1 Å². The molecule has 3 rings (SSSR count). The van der Waals surface area contributed by atoms with Crippen LogP contribution < -0.4 is 5.32 Å². The number of hydrogen-bond acceptors (Lipinski definition) is 3. The molecule has 1 aliphatic rings. The number of H-pyrrole nitrogens is 1. The zero-order chi connectivity index (χ0) is 19.1. The van der Waals surface area contributed by atoms with E-state index < -0.39 is 29.2 Å². The van der Waals surface area contributed by atoms with Crippen molar-refractivity contribution < 1.29 is 27.9 Å². The second-order valence-corrected chi connectivity index (χ2v) is 6.33. The highest BCUT2D eigenvalue weighted by Crippen LogP contribution is 2.33. The molecule has 2 aromatic rings. The molecule has 0 spiro atoms. The molecule has 6 nitrogen and oxygen atoms in total. The maximum absolute atomic E-state index is 12.9. The monoisotopic (exact) mass is 367 g/mol. The fourth-order valence-corrected chi connectivity index (χ4v) is 2.86. The highest BCUT2D eigenvalue weighted by molar-refractivity contribution is 5.98. The van der Waals surface area contributed by atoms with Gasteiger partial charge < -0.3 is 15.4 Å². The number of nitrogens with one attached hydrogen (secondary N) is 2. The number of aromatic nitrogens is 2. The lowest BCUT2D eigenvalue weighted by molar-refractivity contribution is -0.148. The third-order valence-electron chi connectivity index (χ3n) is 4.53. The van der Waals surface area contributed by atoms with Crippen molar-refractivity contribution >= 4 is 11.9 Å². The molecule has 1 amide bonds. The Kier molecular flexibility index (Phi) is 4.25. The Bertz CT molecular complexity index is 870. The average molecular weight is 367 g/mol. The Morgan fingerprint density at radius 1 is 1.31 bits per heavy atom. The van der Waals surface area contributed by atoms with E-state index in [0.717, 1.165) is 12.1 Å². The quantitative estimate of drug-likeness (QED) is 0.774. The van der Waals surface area contributed by atoms with Gasteiger partial charge in [0.2, 0.25) is 0 Å². The molecular formula is C17H16F3N3O3. The second kappa shape index (κ2) is 6.15. The molecule has 0 aliphatic heterocycles. The van der Waals surface area contributed by atoms with Crippen LogP contribution in [0.25, 0.3) is 11.4 Å². The standard InChI is InChI=1S/C17H16F3N3O3/c1-9-12(14(24)23-16(15(25)26)6-3-7-16)22-13(21-9)10-4-2-5-11(8-10)17(18,19)20/h2,4-5,8H,3,6-7H2,1H3,(H,21,22)(H,23,24)(H,25,26). The van der Waals surface area contributed by atoms with Gasteiger partial charge in [-0.15, -0.1) is 0 Å². The zero-order valence-electron chi connectivity index (χ0n) is 13.8. The van der Waals surface area contributed by atoms with E-state index >= 15 is 0 Å². The van der Waals surface area contributed by atoms with Crippen molar-refractivity contribution in [2.45, 2.75) is 37.9 Å². The molecule has 0 atom stereocenters. The number of carboxylic acids is 1. The summed E-state index contributed by atoms with van der Waals surface area (Å²) in [6.07, 6.45) is -3.13. The molecular weight excluding hydrogens is 351 g/mol. The lowest BCUT2D eigenvalue weighted by Crippen LogP contribution is -2.59. The first kappa shape index (κ1) is 18.0. The summed E-state index contributed by atoms with van der Waals surface area (Å²) in [5.41, 5.74) is -1.63. The van der Waals surface area contributed by atoms with Crippen LogP contribution in [0.2, 0.25) is 0 Å². The number of nitrogens with zero attached hydrogens (tertiary/aromatic N) is 1. The molecule has 26 heavy (non-hydrogen) atoms. The maximum Gasteiger partial charge on any atom is 0.416 e. The predicted molar refractivity (Wildman–Crippen MR) is 85.4 cm³/mol. The summed E-state index contributed by atoms with van der Waals surface area (Å²) >= 11 is 0. The minimum Gasteiger partial charge on any atom is -0.480 e. The van der Waals surface area contributed by atoms with Crippen LogP contribution in [0.4, 0.5) is 13.2 Å². The van der Waals surface area contributed by atoms with E-state index in [1.165, 1.54) is 12.1 Å². The summed E-state index contributed by atoms with van der Waals surface area (Å²) in [6.45, 7) is 1.55. The molecule has 0 unspecified atom stereocenters. The van der Waals surface area contributed by atoms with Gasteiger partial charge in [0.1, 0.15) is 17.1 Å². The maximum atomic E-state index is 12.9. The van der Waals surface area contributed by atoms with Crippen molar-refractivity contribution in [3.63, 3.8) is 0 Å². The van der Waals surface area contributed by atoms with Crippen molar-refractivity contribution in [3.05, 3.63) is 41.2 Å². The Morgan fingerprint density at radius 3 is 2.54 bits per heavy atom. The SMILES string of the molecule is Cc1[nH]c(-c2cccc(C(F)(F)F)c2)nc1C(=O)NC1(C(=O)O)CCC1. The third-order valence-corrected chi connectivity index (χ3v) is 4.53. The van der Waals surface area contributed by atoms with Crippen molar-refractivity contribution in [3.8, 4) is 11.4 Å². The van der Waals surface area contributed by atoms with E-state index in [-0.39, 0.29) is 17.1 Å². The summed E-state index contributed by atoms with van der Waals surface area (Å²) in [4.78, 5) is 30.6. The van der Waals surface area contributed by atoms with Crippen LogP contribution in [0.15, 0.2) is 24.3 Å². The van der Waals surface area contributed by atoms with Crippen LogP contribution in [-0.4, -0.2) is 32.5 Å². The van der Waals surface area contributed by atoms with Gasteiger partial charge in [0.05, 0.1) is 5.56 Å². The largest absolute Gasteiger partial charge is 0.480 e. The molecule has 1 fully saturated rings. The third kappa shape index (κ3) is 3.16. The Labute approximate surface area is 146 Å². The molecule has 0 bridgehead atoms. The molecule has 1 saturated carbocycles. The van der Waals surface area contributed by atoms with Gasteiger partial charge in [0.15, 0.2) is 0 Å². The van der Waals surface area contributed by atoms with E-state index in [0.29, 0.717) is 25.0 Å². The van der Waals surface area contributed by atoms with Gasteiger partial charge in [0, 0.05) is 11.3 Å². The number of alkyl halides is 3. The number of benzene rings is 1. The first-order valence-corrected chi connectivity index (χ1v) is 7.92. The first-order chi connectivity index (χ1) is 12.1. The molecule has 3 N–H and O–H groups in total. The number of carboxylic acid groups (broad SMARTS) is 1. The van der Waals surface area contributed by atoms with Crippen LogP contribution >= 0.6 is 0 Å². The van der Waals surface area contributed by atoms with E-state index in [1.807, 2.05) is 0 Å². The van der Waals surface area contributed by atoms with Gasteiger partial charge >= 0.3 is 12.1 Å². The minimum absolute atomic E-state index is 0.0371. The molecule has 9 heteroatoms. The lowest BCUT2D eigenvalue weighted by Gasteiger charge is -2.38. The van der Waals surface area contributed by atoms with E-state index in [1.54, 1.807) is 6.92 Å². The minimum atomic E-state index is -4.49. The molecule has 1 aliphatic carbocycles. The van der Waals surface area contributed by atoms with Crippen molar-refractivity contribution in [1.82, 2.24) is 15.3 Å². The van der Waals surface area contributed by atoms with E-state index in [2.05, 4.69) is 15.3 Å². The molecule has 1 aromatic heterocycles. The number of hydrogen-bond donors (Lipinski definition) is 3. The number of aliphatic carboxylic acids is 1. The molecule has 0 radical (unpaired) electrons. The average Bonchev–Trinajstić information content (AvgIpc) is 2.91. The van der Waals surface area contributed by atoms with Crippen molar-refractivity contribution in [2.24, 2.45) is 0 Å². The normalized spacial score (nSPS) is 16.0.